The van der Waals surface area contributed by atoms with Crippen LogP contribution in [0.2, 0.25) is 0 Å². The van der Waals surface area contributed by atoms with Crippen LogP contribution in [0.5, 0.6) is 0 Å². The maximum atomic E-state index is 8.80. The molecule has 3 heteroatoms. The summed E-state index contributed by atoms with van der Waals surface area (Å²) in [4.78, 5) is 2.27. The Morgan fingerprint density at radius 2 is 1.86 bits per heavy atom. The molecule has 0 saturated heterocycles. The molecular weight excluding hydrogens is 176 g/mol. The summed E-state index contributed by atoms with van der Waals surface area (Å²) < 4.78 is 0. The third-order valence-corrected chi connectivity index (χ3v) is 2.17. The summed E-state index contributed by atoms with van der Waals surface area (Å²) in [5.74, 6) is 0. The van der Waals surface area contributed by atoms with Gasteiger partial charge in [0.2, 0.25) is 0 Å². The second kappa shape index (κ2) is 7.21. The molecule has 0 aromatic rings. The number of nitrogens with one attached hydrogen (secondary N) is 1. The lowest BCUT2D eigenvalue weighted by Gasteiger charge is -2.23. The van der Waals surface area contributed by atoms with Gasteiger partial charge in [-0.15, -0.1) is 0 Å². The van der Waals surface area contributed by atoms with E-state index in [0.29, 0.717) is 0 Å². The van der Waals surface area contributed by atoms with Gasteiger partial charge in [-0.1, -0.05) is 6.92 Å². The summed E-state index contributed by atoms with van der Waals surface area (Å²) in [6.07, 6.45) is 1.14. The molecule has 0 aliphatic rings. The van der Waals surface area contributed by atoms with Gasteiger partial charge in [0.1, 0.15) is 0 Å². The SMILES string of the molecule is CCN(CCO)CCCNC(C)(C)C. The smallest absolute Gasteiger partial charge is 0.0558 e. The fraction of sp³-hybridized carbons (Fsp3) is 1.00. The highest BCUT2D eigenvalue weighted by Crippen LogP contribution is 1.98. The standard InChI is InChI=1S/C11H26N2O/c1-5-13(9-10-14)8-6-7-12-11(2,3)4/h12,14H,5-10H2,1-4H3. The molecule has 0 aromatic carbocycles. The van der Waals surface area contributed by atoms with Crippen LogP contribution in [0.25, 0.3) is 0 Å². The minimum atomic E-state index is 0.216. The van der Waals surface area contributed by atoms with Crippen LogP contribution in [-0.2, 0) is 0 Å². The van der Waals surface area contributed by atoms with Gasteiger partial charge < -0.3 is 15.3 Å². The summed E-state index contributed by atoms with van der Waals surface area (Å²) >= 11 is 0. The number of hydrogen-bond acceptors (Lipinski definition) is 3. The molecule has 2 N–H and O–H groups in total. The second-order valence-corrected chi connectivity index (χ2v) is 4.69. The van der Waals surface area contributed by atoms with E-state index in [1.54, 1.807) is 0 Å². The molecule has 0 aromatic heterocycles. The molecule has 14 heavy (non-hydrogen) atoms. The minimum absolute atomic E-state index is 0.216. The molecule has 0 fully saturated rings. The fourth-order valence-corrected chi connectivity index (χ4v) is 1.34. The van der Waals surface area contributed by atoms with Crippen LogP contribution < -0.4 is 5.32 Å². The summed E-state index contributed by atoms with van der Waals surface area (Å²) in [5.41, 5.74) is 0.216. The van der Waals surface area contributed by atoms with Crippen molar-refractivity contribution in [1.29, 1.82) is 0 Å². The van der Waals surface area contributed by atoms with Gasteiger partial charge in [-0.05, 0) is 46.8 Å². The molecule has 0 unspecified atom stereocenters. The number of aliphatic hydroxyl groups is 1. The second-order valence-electron chi connectivity index (χ2n) is 4.69. The van der Waals surface area contributed by atoms with Crippen molar-refractivity contribution >= 4 is 0 Å². The average molecular weight is 202 g/mol. The third-order valence-electron chi connectivity index (χ3n) is 2.17. The molecule has 0 radical (unpaired) electrons. The highest BCUT2D eigenvalue weighted by Gasteiger charge is 2.07. The van der Waals surface area contributed by atoms with E-state index in [9.17, 15) is 0 Å². The first-order valence-corrected chi connectivity index (χ1v) is 5.58. The molecule has 0 atom stereocenters. The van der Waals surface area contributed by atoms with E-state index in [0.717, 1.165) is 32.6 Å². The van der Waals surface area contributed by atoms with Crippen LogP contribution >= 0.6 is 0 Å². The number of rotatable bonds is 7. The molecule has 0 saturated carbocycles. The van der Waals surface area contributed by atoms with Crippen molar-refractivity contribution in [3.8, 4) is 0 Å². The molecular formula is C11H26N2O. The molecule has 86 valence electrons. The zero-order chi connectivity index (χ0) is 11.0. The minimum Gasteiger partial charge on any atom is -0.395 e. The van der Waals surface area contributed by atoms with Crippen molar-refractivity contribution in [2.24, 2.45) is 0 Å². The Morgan fingerprint density at radius 1 is 1.21 bits per heavy atom. The zero-order valence-electron chi connectivity index (χ0n) is 10.1. The van der Waals surface area contributed by atoms with E-state index >= 15 is 0 Å². The molecule has 0 aliphatic heterocycles. The van der Waals surface area contributed by atoms with Crippen molar-refractivity contribution in [3.63, 3.8) is 0 Å². The highest BCUT2D eigenvalue weighted by molar-refractivity contribution is 4.70. The molecule has 0 amide bonds. The lowest BCUT2D eigenvalue weighted by Crippen LogP contribution is -2.38. The van der Waals surface area contributed by atoms with Crippen LogP contribution in [0.3, 0.4) is 0 Å². The summed E-state index contributed by atoms with van der Waals surface area (Å²) in [6, 6.07) is 0. The number of aliphatic hydroxyl groups excluding tert-OH is 1. The maximum absolute atomic E-state index is 8.80. The predicted molar refractivity (Wildman–Crippen MR) is 61.6 cm³/mol. The molecule has 0 bridgehead atoms. The van der Waals surface area contributed by atoms with Crippen molar-refractivity contribution in [2.75, 3.05) is 32.8 Å². The number of likely N-dealkylation sites (N-methyl/N-ethyl adjacent to an activating group) is 1. The molecule has 0 heterocycles. The predicted octanol–water partition coefficient (Wildman–Crippen LogP) is 1.08. The Bertz CT molecular complexity index is 132. The lowest BCUT2D eigenvalue weighted by atomic mass is 10.1. The van der Waals surface area contributed by atoms with Gasteiger partial charge in [-0.25, -0.2) is 0 Å². The first-order chi connectivity index (χ1) is 6.49. The molecule has 3 nitrogen and oxygen atoms in total. The fourth-order valence-electron chi connectivity index (χ4n) is 1.34. The van der Waals surface area contributed by atoms with Gasteiger partial charge in [-0.3, -0.25) is 0 Å². The number of nitrogens with zero attached hydrogens (tertiary/aromatic N) is 1. The normalized spacial score (nSPS) is 12.4. The van der Waals surface area contributed by atoms with Gasteiger partial charge in [0.15, 0.2) is 0 Å². The van der Waals surface area contributed by atoms with Crippen LogP contribution in [0, 0.1) is 0 Å². The van der Waals surface area contributed by atoms with Crippen molar-refractivity contribution in [3.05, 3.63) is 0 Å². The van der Waals surface area contributed by atoms with Gasteiger partial charge in [0.05, 0.1) is 6.61 Å². The van der Waals surface area contributed by atoms with Crippen LogP contribution in [0.15, 0.2) is 0 Å². The number of hydrogen-bond donors (Lipinski definition) is 2. The average Bonchev–Trinajstić information content (AvgIpc) is 2.08. The monoisotopic (exact) mass is 202 g/mol. The maximum Gasteiger partial charge on any atom is 0.0558 e. The van der Waals surface area contributed by atoms with E-state index in [2.05, 4.69) is 37.9 Å². The van der Waals surface area contributed by atoms with E-state index in [1.807, 2.05) is 0 Å². The Hall–Kier alpha value is -0.120. The van der Waals surface area contributed by atoms with E-state index < -0.39 is 0 Å². The Labute approximate surface area is 88.5 Å². The van der Waals surface area contributed by atoms with E-state index in [4.69, 9.17) is 5.11 Å². The summed E-state index contributed by atoms with van der Waals surface area (Å²) in [7, 11) is 0. The topological polar surface area (TPSA) is 35.5 Å². The Kier molecular flexibility index (Phi) is 7.15. The summed E-state index contributed by atoms with van der Waals surface area (Å²) in [5, 5.41) is 12.3. The van der Waals surface area contributed by atoms with Gasteiger partial charge in [0, 0.05) is 12.1 Å². The first-order valence-electron chi connectivity index (χ1n) is 5.58. The van der Waals surface area contributed by atoms with Gasteiger partial charge in [0.25, 0.3) is 0 Å². The van der Waals surface area contributed by atoms with E-state index in [1.165, 1.54) is 0 Å². The molecule has 0 aliphatic carbocycles. The lowest BCUT2D eigenvalue weighted by molar-refractivity contribution is 0.199. The van der Waals surface area contributed by atoms with Crippen LogP contribution in [-0.4, -0.2) is 48.3 Å². The van der Waals surface area contributed by atoms with Crippen molar-refractivity contribution in [1.82, 2.24) is 10.2 Å². The zero-order valence-corrected chi connectivity index (χ0v) is 10.1. The largest absolute Gasteiger partial charge is 0.395 e. The van der Waals surface area contributed by atoms with Crippen molar-refractivity contribution in [2.45, 2.75) is 39.7 Å². The summed E-state index contributed by atoms with van der Waals surface area (Å²) in [6.45, 7) is 12.9. The Morgan fingerprint density at radius 3 is 2.29 bits per heavy atom. The van der Waals surface area contributed by atoms with E-state index in [-0.39, 0.29) is 12.1 Å². The van der Waals surface area contributed by atoms with Gasteiger partial charge >= 0.3 is 0 Å². The molecule has 0 rings (SSSR count). The van der Waals surface area contributed by atoms with Crippen LogP contribution in [0.1, 0.15) is 34.1 Å². The quantitative estimate of drug-likeness (QED) is 0.606. The van der Waals surface area contributed by atoms with Crippen molar-refractivity contribution < 1.29 is 5.11 Å². The van der Waals surface area contributed by atoms with Gasteiger partial charge in [-0.2, -0.15) is 0 Å². The van der Waals surface area contributed by atoms with Crippen LogP contribution in [0.4, 0.5) is 0 Å². The first kappa shape index (κ1) is 13.9. The molecule has 0 spiro atoms. The highest BCUT2D eigenvalue weighted by atomic mass is 16.3. The third kappa shape index (κ3) is 8.48. The Balaban J connectivity index is 3.42.